The third-order valence-corrected chi connectivity index (χ3v) is 3.26. The number of nitrogens with zero attached hydrogens (tertiary/aromatic N) is 2. The molecule has 1 atom stereocenters. The number of amides is 1. The van der Waals surface area contributed by atoms with Gasteiger partial charge in [0.1, 0.15) is 11.9 Å². The first-order valence-corrected chi connectivity index (χ1v) is 6.21. The normalized spacial score (nSPS) is 19.9. The Hall–Kier alpha value is -2.28. The minimum absolute atomic E-state index is 0.0609. The van der Waals surface area contributed by atoms with E-state index >= 15 is 0 Å². The molecule has 0 radical (unpaired) electrons. The summed E-state index contributed by atoms with van der Waals surface area (Å²) in [5, 5.41) is 21.2. The van der Waals surface area contributed by atoms with Crippen molar-refractivity contribution in [3.05, 3.63) is 29.3 Å². The molecule has 1 unspecified atom stereocenters. The average Bonchev–Trinajstić information content (AvgIpc) is 2.48. The molecule has 0 bridgehead atoms. The number of aryl methyl sites for hydroxylation is 1. The van der Waals surface area contributed by atoms with Crippen LogP contribution in [0, 0.1) is 6.92 Å². The van der Waals surface area contributed by atoms with Crippen LogP contribution in [0.3, 0.4) is 0 Å². The summed E-state index contributed by atoms with van der Waals surface area (Å²) >= 11 is 0. The molecule has 1 aromatic rings. The van der Waals surface area contributed by atoms with Gasteiger partial charge in [0, 0.05) is 12.1 Å². The van der Waals surface area contributed by atoms with E-state index < -0.39 is 6.10 Å². The van der Waals surface area contributed by atoms with Gasteiger partial charge in [-0.25, -0.2) is 0 Å². The smallest absolute Gasteiger partial charge is 0.254 e. The average molecular weight is 279 g/mol. The molecule has 7 heteroatoms. The number of hydrogen-bond acceptors (Lipinski definition) is 5. The van der Waals surface area contributed by atoms with Crippen molar-refractivity contribution in [3.63, 3.8) is 0 Å². The number of phenols is 1. The van der Waals surface area contributed by atoms with E-state index in [-0.39, 0.29) is 24.0 Å². The van der Waals surface area contributed by atoms with E-state index in [1.807, 2.05) is 0 Å². The number of carbonyl (C=O) groups excluding carboxylic acids is 1. The molecule has 4 N–H and O–H groups in total. The third kappa shape index (κ3) is 2.83. The van der Waals surface area contributed by atoms with Crippen molar-refractivity contribution in [1.82, 2.24) is 4.90 Å². The molecule has 1 fully saturated rings. The largest absolute Gasteiger partial charge is 0.508 e. The predicted molar refractivity (Wildman–Crippen MR) is 71.9 cm³/mol. The molecule has 0 saturated carbocycles. The van der Waals surface area contributed by atoms with Gasteiger partial charge in [-0.05, 0) is 24.6 Å². The monoisotopic (exact) mass is 279 g/mol. The van der Waals surface area contributed by atoms with E-state index in [0.29, 0.717) is 24.3 Å². The van der Waals surface area contributed by atoms with Crippen LogP contribution in [0.1, 0.15) is 15.9 Å². The maximum Gasteiger partial charge on any atom is 0.254 e. The number of aromatic hydroxyl groups is 1. The minimum atomic E-state index is -0.614. The minimum Gasteiger partial charge on any atom is -0.508 e. The summed E-state index contributed by atoms with van der Waals surface area (Å²) in [6.07, 6.45) is -0.614. The Morgan fingerprint density at radius 2 is 2.30 bits per heavy atom. The standard InChI is InChI=1S/C13H17N3O4/c1-8-2-3-9(6-10(8)17)13(18)16-4-5-20-11(7-16)12(14)15-19/h2-3,6,11,17,19H,4-5,7H2,1H3,(H2,14,15). The zero-order valence-corrected chi connectivity index (χ0v) is 11.1. The van der Waals surface area contributed by atoms with Crippen LogP contribution < -0.4 is 5.73 Å². The fourth-order valence-corrected chi connectivity index (χ4v) is 2.00. The van der Waals surface area contributed by atoms with Crippen LogP contribution in [0.5, 0.6) is 5.75 Å². The second kappa shape index (κ2) is 5.79. The number of ether oxygens (including phenoxy) is 1. The van der Waals surface area contributed by atoms with Gasteiger partial charge in [0.05, 0.1) is 13.2 Å². The molecule has 1 aromatic carbocycles. The van der Waals surface area contributed by atoms with Crippen molar-refractivity contribution >= 4 is 11.7 Å². The van der Waals surface area contributed by atoms with Gasteiger partial charge in [0.2, 0.25) is 0 Å². The molecule has 0 spiro atoms. The zero-order valence-electron chi connectivity index (χ0n) is 11.1. The van der Waals surface area contributed by atoms with Crippen molar-refractivity contribution in [2.45, 2.75) is 13.0 Å². The summed E-state index contributed by atoms with van der Waals surface area (Å²) in [6, 6.07) is 4.78. The topological polar surface area (TPSA) is 108 Å². The van der Waals surface area contributed by atoms with Gasteiger partial charge in [-0.2, -0.15) is 0 Å². The van der Waals surface area contributed by atoms with Crippen LogP contribution >= 0.6 is 0 Å². The number of morpholine rings is 1. The number of benzene rings is 1. The van der Waals surface area contributed by atoms with Gasteiger partial charge < -0.3 is 25.7 Å². The molecule has 1 aliphatic heterocycles. The van der Waals surface area contributed by atoms with Crippen molar-refractivity contribution in [2.75, 3.05) is 19.7 Å². The molecule has 0 aliphatic carbocycles. The molecule has 108 valence electrons. The van der Waals surface area contributed by atoms with Crippen molar-refractivity contribution < 1.29 is 19.8 Å². The third-order valence-electron chi connectivity index (χ3n) is 3.26. The van der Waals surface area contributed by atoms with E-state index in [9.17, 15) is 9.90 Å². The lowest BCUT2D eigenvalue weighted by atomic mass is 10.1. The zero-order chi connectivity index (χ0) is 14.7. The first kappa shape index (κ1) is 14.1. The van der Waals surface area contributed by atoms with Crippen LogP contribution in [0.25, 0.3) is 0 Å². The lowest BCUT2D eigenvalue weighted by Crippen LogP contribution is -2.50. The lowest BCUT2D eigenvalue weighted by molar-refractivity contribution is 0.00674. The highest BCUT2D eigenvalue weighted by atomic mass is 16.5. The van der Waals surface area contributed by atoms with E-state index in [4.69, 9.17) is 15.7 Å². The highest BCUT2D eigenvalue weighted by Gasteiger charge is 2.27. The Morgan fingerprint density at radius 1 is 1.55 bits per heavy atom. The lowest BCUT2D eigenvalue weighted by Gasteiger charge is -2.32. The highest BCUT2D eigenvalue weighted by Crippen LogP contribution is 2.19. The number of hydrogen-bond donors (Lipinski definition) is 3. The second-order valence-corrected chi connectivity index (χ2v) is 4.64. The van der Waals surface area contributed by atoms with Crippen molar-refractivity contribution in [1.29, 1.82) is 0 Å². The first-order chi connectivity index (χ1) is 9.52. The van der Waals surface area contributed by atoms with Crippen molar-refractivity contribution in [2.24, 2.45) is 10.9 Å². The number of amidine groups is 1. The molecule has 2 rings (SSSR count). The Balaban J connectivity index is 2.14. The summed E-state index contributed by atoms with van der Waals surface area (Å²) in [5.41, 5.74) is 6.59. The SMILES string of the molecule is Cc1ccc(C(=O)N2CCOC(C(N)=NO)C2)cc1O. The summed E-state index contributed by atoms with van der Waals surface area (Å²) in [5.74, 6) is -0.203. The van der Waals surface area contributed by atoms with Crippen molar-refractivity contribution in [3.8, 4) is 5.75 Å². The number of nitrogens with two attached hydrogens (primary N) is 1. The fourth-order valence-electron chi connectivity index (χ4n) is 2.00. The number of phenolic OH excluding ortho intramolecular Hbond substituents is 1. The summed E-state index contributed by atoms with van der Waals surface area (Å²) in [7, 11) is 0. The molecule has 1 aliphatic rings. The number of rotatable bonds is 2. The van der Waals surface area contributed by atoms with Crippen LogP contribution in [-0.4, -0.2) is 52.8 Å². The van der Waals surface area contributed by atoms with Gasteiger partial charge in [-0.15, -0.1) is 0 Å². The van der Waals surface area contributed by atoms with E-state index in [0.717, 1.165) is 0 Å². The molecule has 20 heavy (non-hydrogen) atoms. The van der Waals surface area contributed by atoms with Gasteiger partial charge in [0.25, 0.3) is 5.91 Å². The summed E-state index contributed by atoms with van der Waals surface area (Å²) in [6.45, 7) is 2.70. The van der Waals surface area contributed by atoms with Crippen LogP contribution in [0.15, 0.2) is 23.4 Å². The van der Waals surface area contributed by atoms with Gasteiger partial charge in [0.15, 0.2) is 5.84 Å². The van der Waals surface area contributed by atoms with Gasteiger partial charge in [-0.3, -0.25) is 4.79 Å². The fraction of sp³-hybridized carbons (Fsp3) is 0.385. The molecule has 1 amide bonds. The Bertz CT molecular complexity index is 544. The first-order valence-electron chi connectivity index (χ1n) is 6.21. The summed E-state index contributed by atoms with van der Waals surface area (Å²) in [4.78, 5) is 13.9. The predicted octanol–water partition coefficient (Wildman–Crippen LogP) is 0.288. The van der Waals surface area contributed by atoms with E-state index in [2.05, 4.69) is 5.16 Å². The Labute approximate surface area is 116 Å². The molecule has 1 saturated heterocycles. The van der Waals surface area contributed by atoms with Gasteiger partial charge in [-0.1, -0.05) is 11.2 Å². The maximum absolute atomic E-state index is 12.3. The number of oxime groups is 1. The van der Waals surface area contributed by atoms with Crippen LogP contribution in [0.4, 0.5) is 0 Å². The molecular weight excluding hydrogens is 262 g/mol. The van der Waals surface area contributed by atoms with Crippen LogP contribution in [-0.2, 0) is 4.74 Å². The summed E-state index contributed by atoms with van der Waals surface area (Å²) < 4.78 is 5.33. The van der Waals surface area contributed by atoms with Gasteiger partial charge >= 0.3 is 0 Å². The maximum atomic E-state index is 12.3. The molecular formula is C13H17N3O4. The Kier molecular flexibility index (Phi) is 4.09. The second-order valence-electron chi connectivity index (χ2n) is 4.64. The van der Waals surface area contributed by atoms with Crippen LogP contribution in [0.2, 0.25) is 0 Å². The molecule has 0 aromatic heterocycles. The highest BCUT2D eigenvalue weighted by molar-refractivity contribution is 5.95. The van der Waals surface area contributed by atoms with E-state index in [1.165, 1.54) is 6.07 Å². The van der Waals surface area contributed by atoms with E-state index in [1.54, 1.807) is 24.0 Å². The Morgan fingerprint density at radius 3 is 2.95 bits per heavy atom. The molecule has 1 heterocycles. The molecule has 7 nitrogen and oxygen atoms in total. The number of carbonyl (C=O) groups is 1. The quantitative estimate of drug-likeness (QED) is 0.312.